The predicted octanol–water partition coefficient (Wildman–Crippen LogP) is 2.37. The zero-order chi connectivity index (χ0) is 13.8. The maximum absolute atomic E-state index is 12.7. The third-order valence-electron chi connectivity index (χ3n) is 2.19. The minimum atomic E-state index is -0.609. The lowest BCUT2D eigenvalue weighted by atomic mass is 10.2. The summed E-state index contributed by atoms with van der Waals surface area (Å²) in [5.41, 5.74) is 0. The van der Waals surface area contributed by atoms with E-state index >= 15 is 0 Å². The van der Waals surface area contributed by atoms with Crippen molar-refractivity contribution >= 4 is 7.69 Å². The van der Waals surface area contributed by atoms with Crippen LogP contribution in [0.15, 0.2) is 36.4 Å². The number of hydrogen-bond acceptors (Lipinski definition) is 4. The molecule has 0 aliphatic carbocycles. The van der Waals surface area contributed by atoms with Crippen molar-refractivity contribution in [3.63, 3.8) is 0 Å². The molecule has 2 aromatic rings. The van der Waals surface area contributed by atoms with Gasteiger partial charge in [0.2, 0.25) is 0 Å². The van der Waals surface area contributed by atoms with Crippen molar-refractivity contribution in [3.8, 4) is 23.0 Å². The molecular weight excluding hydrogens is 257 g/mol. The van der Waals surface area contributed by atoms with E-state index in [1.807, 2.05) is 0 Å². The molecule has 0 aliphatic rings. The van der Waals surface area contributed by atoms with Crippen LogP contribution in [0.2, 0.25) is 0 Å². The van der Waals surface area contributed by atoms with Crippen LogP contribution < -0.4 is 9.31 Å². The normalized spacial score (nSPS) is 10.0. The second-order valence-electron chi connectivity index (χ2n) is 3.56. The van der Waals surface area contributed by atoms with Crippen LogP contribution in [-0.2, 0) is 0 Å². The van der Waals surface area contributed by atoms with Crippen molar-refractivity contribution in [3.05, 3.63) is 48.0 Å². The summed E-state index contributed by atoms with van der Waals surface area (Å²) in [6.45, 7) is 0. The second kappa shape index (κ2) is 5.47. The average Bonchev–Trinajstić information content (AvgIpc) is 2.34. The van der Waals surface area contributed by atoms with Gasteiger partial charge in [0.15, 0.2) is 11.5 Å². The van der Waals surface area contributed by atoms with E-state index in [2.05, 4.69) is 0 Å². The van der Waals surface area contributed by atoms with Gasteiger partial charge >= 0.3 is 7.69 Å². The minimum absolute atomic E-state index is 0.0250. The number of phenols is 2. The molecule has 1 radical (unpaired) electrons. The first-order chi connectivity index (χ1) is 9.06. The lowest BCUT2D eigenvalue weighted by Crippen LogP contribution is -2.11. The zero-order valence-electron chi connectivity index (χ0n) is 9.51. The van der Waals surface area contributed by atoms with E-state index in [0.717, 1.165) is 32.0 Å². The van der Waals surface area contributed by atoms with Crippen molar-refractivity contribution in [2.24, 2.45) is 0 Å². The van der Waals surface area contributed by atoms with Crippen molar-refractivity contribution in [1.29, 1.82) is 0 Å². The van der Waals surface area contributed by atoms with Crippen molar-refractivity contribution in [2.45, 2.75) is 0 Å². The van der Waals surface area contributed by atoms with Gasteiger partial charge in [-0.1, -0.05) is 0 Å². The Morgan fingerprint density at radius 3 is 1.58 bits per heavy atom. The van der Waals surface area contributed by atoms with Gasteiger partial charge in [-0.2, -0.15) is 0 Å². The summed E-state index contributed by atoms with van der Waals surface area (Å²) in [5.74, 6) is -2.07. The summed E-state index contributed by atoms with van der Waals surface area (Å²) in [6.07, 6.45) is 0. The number of aromatic hydroxyl groups is 2. The lowest BCUT2D eigenvalue weighted by Gasteiger charge is -2.09. The van der Waals surface area contributed by atoms with Gasteiger partial charge in [-0.25, -0.2) is 8.78 Å². The molecule has 19 heavy (non-hydrogen) atoms. The summed E-state index contributed by atoms with van der Waals surface area (Å²) in [7, 11) is 0.819. The van der Waals surface area contributed by atoms with Crippen LogP contribution in [0, 0.1) is 11.6 Å². The molecular formula is C12H8BF2O4. The Kier molecular flexibility index (Phi) is 3.75. The topological polar surface area (TPSA) is 58.9 Å². The van der Waals surface area contributed by atoms with Gasteiger partial charge in [-0.3, -0.25) is 0 Å². The molecule has 0 aromatic heterocycles. The minimum Gasteiger partial charge on any atom is -0.524 e. The van der Waals surface area contributed by atoms with Crippen molar-refractivity contribution in [2.75, 3.05) is 0 Å². The number of halogens is 2. The standard InChI is InChI=1S/C12H8BF2O4/c14-7-1-3-11(9(16)5-7)18-13-19-12-4-2-8(15)6-10(12)17/h1-6,16-17H. The summed E-state index contributed by atoms with van der Waals surface area (Å²) >= 11 is 0. The van der Waals surface area contributed by atoms with Crippen molar-refractivity contribution < 1.29 is 28.3 Å². The van der Waals surface area contributed by atoms with Crippen LogP contribution in [-0.4, -0.2) is 17.9 Å². The quantitative estimate of drug-likeness (QED) is 0.833. The first-order valence-corrected chi connectivity index (χ1v) is 5.18. The molecule has 4 nitrogen and oxygen atoms in total. The van der Waals surface area contributed by atoms with E-state index in [-0.39, 0.29) is 11.5 Å². The summed E-state index contributed by atoms with van der Waals surface area (Å²) < 4.78 is 35.2. The van der Waals surface area contributed by atoms with Crippen LogP contribution in [0.25, 0.3) is 0 Å². The molecule has 7 heteroatoms. The molecule has 0 atom stereocenters. The number of phenolic OH excluding ortho intramolecular Hbond substituents is 2. The highest BCUT2D eigenvalue weighted by Gasteiger charge is 2.09. The van der Waals surface area contributed by atoms with Crippen LogP contribution in [0.3, 0.4) is 0 Å². The fraction of sp³-hybridized carbons (Fsp3) is 0. The molecule has 0 aliphatic heterocycles. The predicted molar refractivity (Wildman–Crippen MR) is 63.1 cm³/mol. The van der Waals surface area contributed by atoms with Crippen LogP contribution in [0.4, 0.5) is 8.78 Å². The van der Waals surface area contributed by atoms with Crippen LogP contribution >= 0.6 is 0 Å². The SMILES string of the molecule is Oc1cc(F)ccc1O[B]Oc1ccc(F)cc1O. The Bertz CT molecular complexity index is 540. The average molecular weight is 265 g/mol. The maximum Gasteiger partial charge on any atom is 0.658 e. The molecule has 2 rings (SSSR count). The van der Waals surface area contributed by atoms with Gasteiger partial charge in [0.25, 0.3) is 0 Å². The van der Waals surface area contributed by atoms with E-state index in [0.29, 0.717) is 0 Å². The highest BCUT2D eigenvalue weighted by atomic mass is 19.1. The molecule has 0 fully saturated rings. The Balaban J connectivity index is 1.96. The first-order valence-electron chi connectivity index (χ1n) is 5.18. The number of benzene rings is 2. The highest BCUT2D eigenvalue weighted by molar-refractivity contribution is 6.21. The molecule has 0 saturated heterocycles. The van der Waals surface area contributed by atoms with E-state index in [9.17, 15) is 19.0 Å². The molecule has 0 spiro atoms. The fourth-order valence-electron chi connectivity index (χ4n) is 1.31. The number of hydrogen-bond donors (Lipinski definition) is 2. The van der Waals surface area contributed by atoms with Gasteiger partial charge in [-0.15, -0.1) is 0 Å². The lowest BCUT2D eigenvalue weighted by molar-refractivity contribution is 0.394. The van der Waals surface area contributed by atoms with E-state index < -0.39 is 23.1 Å². The zero-order valence-corrected chi connectivity index (χ0v) is 9.51. The molecule has 0 amide bonds. The summed E-state index contributed by atoms with van der Waals surface area (Å²) in [4.78, 5) is 0. The van der Waals surface area contributed by atoms with Crippen LogP contribution in [0.1, 0.15) is 0 Å². The Morgan fingerprint density at radius 1 is 0.789 bits per heavy atom. The Labute approximate surface area is 108 Å². The monoisotopic (exact) mass is 265 g/mol. The van der Waals surface area contributed by atoms with Gasteiger partial charge < -0.3 is 19.5 Å². The highest BCUT2D eigenvalue weighted by Crippen LogP contribution is 2.28. The molecule has 0 heterocycles. The molecule has 0 unspecified atom stereocenters. The summed E-state index contributed by atoms with van der Waals surface area (Å²) in [5, 5.41) is 18.7. The van der Waals surface area contributed by atoms with Gasteiger partial charge in [0.05, 0.1) is 0 Å². The second-order valence-corrected chi connectivity index (χ2v) is 3.56. The summed E-state index contributed by atoms with van der Waals surface area (Å²) in [6, 6.07) is 6.34. The van der Waals surface area contributed by atoms with Gasteiger partial charge in [0, 0.05) is 12.1 Å². The van der Waals surface area contributed by atoms with E-state index in [1.165, 1.54) is 12.1 Å². The smallest absolute Gasteiger partial charge is 0.524 e. The Hall–Kier alpha value is -2.44. The largest absolute Gasteiger partial charge is 0.658 e. The van der Waals surface area contributed by atoms with Crippen molar-refractivity contribution in [1.82, 2.24) is 0 Å². The molecule has 97 valence electrons. The fourth-order valence-corrected chi connectivity index (χ4v) is 1.31. The molecule has 2 N–H and O–H groups in total. The van der Waals surface area contributed by atoms with Gasteiger partial charge in [0.1, 0.15) is 23.1 Å². The van der Waals surface area contributed by atoms with Crippen LogP contribution in [0.5, 0.6) is 23.0 Å². The Morgan fingerprint density at radius 2 is 1.21 bits per heavy atom. The molecule has 2 aromatic carbocycles. The maximum atomic E-state index is 12.7. The number of rotatable bonds is 4. The van der Waals surface area contributed by atoms with E-state index in [1.54, 1.807) is 0 Å². The first kappa shape index (κ1) is 13.0. The van der Waals surface area contributed by atoms with Gasteiger partial charge in [-0.05, 0) is 24.3 Å². The molecule has 0 saturated carbocycles. The third kappa shape index (κ3) is 3.28. The molecule has 0 bridgehead atoms. The van der Waals surface area contributed by atoms with E-state index in [4.69, 9.17) is 9.31 Å². The third-order valence-corrected chi connectivity index (χ3v) is 2.19.